The van der Waals surface area contributed by atoms with E-state index in [0.29, 0.717) is 11.4 Å². The topological polar surface area (TPSA) is 77.2 Å². The van der Waals surface area contributed by atoms with Crippen molar-refractivity contribution < 1.29 is 9.53 Å². The van der Waals surface area contributed by atoms with Crippen molar-refractivity contribution in [3.63, 3.8) is 0 Å². The van der Waals surface area contributed by atoms with Crippen LogP contribution < -0.4 is 15.8 Å². The standard InChI is InChI=1S/C16H19N3O2/c1-10-4-7-14(11(2)16(10)21-3)19-15(20)8-13-6-5-12(17)9-18-13/h4-7,9H,8,17H2,1-3H3,(H,19,20). The molecule has 0 saturated heterocycles. The molecule has 5 nitrogen and oxygen atoms in total. The number of hydrogen-bond acceptors (Lipinski definition) is 4. The van der Waals surface area contributed by atoms with Gasteiger partial charge in [-0.3, -0.25) is 9.78 Å². The number of ether oxygens (including phenoxy) is 1. The van der Waals surface area contributed by atoms with E-state index in [9.17, 15) is 4.79 Å². The highest BCUT2D eigenvalue weighted by Crippen LogP contribution is 2.29. The number of aromatic nitrogens is 1. The van der Waals surface area contributed by atoms with Gasteiger partial charge in [-0.25, -0.2) is 0 Å². The fourth-order valence-corrected chi connectivity index (χ4v) is 2.18. The maximum Gasteiger partial charge on any atom is 0.230 e. The molecule has 0 aliphatic rings. The summed E-state index contributed by atoms with van der Waals surface area (Å²) in [6.07, 6.45) is 1.75. The van der Waals surface area contributed by atoms with E-state index in [1.54, 1.807) is 25.4 Å². The van der Waals surface area contributed by atoms with Crippen LogP contribution in [0.5, 0.6) is 5.75 Å². The van der Waals surface area contributed by atoms with Crippen molar-refractivity contribution >= 4 is 17.3 Å². The molecule has 0 bridgehead atoms. The van der Waals surface area contributed by atoms with Gasteiger partial charge in [0.05, 0.1) is 25.4 Å². The first-order valence-corrected chi connectivity index (χ1v) is 6.65. The Hall–Kier alpha value is -2.56. The summed E-state index contributed by atoms with van der Waals surface area (Å²) in [7, 11) is 1.62. The summed E-state index contributed by atoms with van der Waals surface area (Å²) in [5.41, 5.74) is 9.53. The normalized spacial score (nSPS) is 10.2. The molecule has 0 aliphatic carbocycles. The number of nitrogens with zero attached hydrogens (tertiary/aromatic N) is 1. The van der Waals surface area contributed by atoms with Crippen LogP contribution in [0.2, 0.25) is 0 Å². The van der Waals surface area contributed by atoms with Crippen LogP contribution in [0.15, 0.2) is 30.5 Å². The predicted octanol–water partition coefficient (Wildman–Crippen LogP) is 2.47. The van der Waals surface area contributed by atoms with Crippen LogP contribution in [0.25, 0.3) is 0 Å². The summed E-state index contributed by atoms with van der Waals surface area (Å²) in [6.45, 7) is 3.89. The lowest BCUT2D eigenvalue weighted by molar-refractivity contribution is -0.115. The predicted molar refractivity (Wildman–Crippen MR) is 83.5 cm³/mol. The SMILES string of the molecule is COc1c(C)ccc(NC(=O)Cc2ccc(N)cn2)c1C. The third-order valence-electron chi connectivity index (χ3n) is 3.27. The number of carbonyl (C=O) groups excluding carboxylic acids is 1. The largest absolute Gasteiger partial charge is 0.496 e. The van der Waals surface area contributed by atoms with Crippen LogP contribution in [0.1, 0.15) is 16.8 Å². The van der Waals surface area contributed by atoms with E-state index in [1.165, 1.54) is 0 Å². The lowest BCUT2D eigenvalue weighted by Gasteiger charge is -2.14. The van der Waals surface area contributed by atoms with Crippen molar-refractivity contribution in [2.24, 2.45) is 0 Å². The van der Waals surface area contributed by atoms with Gasteiger partial charge in [0, 0.05) is 16.9 Å². The van der Waals surface area contributed by atoms with Crippen LogP contribution in [0.4, 0.5) is 11.4 Å². The summed E-state index contributed by atoms with van der Waals surface area (Å²) < 4.78 is 5.35. The number of nitrogens with two attached hydrogens (primary N) is 1. The molecule has 1 heterocycles. The second kappa shape index (κ2) is 6.26. The first-order valence-electron chi connectivity index (χ1n) is 6.65. The van der Waals surface area contributed by atoms with Crippen molar-refractivity contribution in [2.75, 3.05) is 18.2 Å². The van der Waals surface area contributed by atoms with Crippen LogP contribution in [-0.2, 0) is 11.2 Å². The van der Waals surface area contributed by atoms with Crippen LogP contribution in [0, 0.1) is 13.8 Å². The summed E-state index contributed by atoms with van der Waals surface area (Å²) in [5, 5.41) is 2.89. The zero-order chi connectivity index (χ0) is 15.4. The van der Waals surface area contributed by atoms with Gasteiger partial charge in [0.2, 0.25) is 5.91 Å². The molecule has 3 N–H and O–H groups in total. The van der Waals surface area contributed by atoms with Crippen molar-refractivity contribution in [2.45, 2.75) is 20.3 Å². The molecular weight excluding hydrogens is 266 g/mol. The first-order chi connectivity index (χ1) is 10.0. The monoisotopic (exact) mass is 285 g/mol. The Bertz CT molecular complexity index is 651. The summed E-state index contributed by atoms with van der Waals surface area (Å²) in [4.78, 5) is 16.2. The maximum atomic E-state index is 12.1. The quantitative estimate of drug-likeness (QED) is 0.904. The minimum atomic E-state index is -0.124. The molecule has 21 heavy (non-hydrogen) atoms. The molecule has 2 aromatic rings. The van der Waals surface area contributed by atoms with Crippen molar-refractivity contribution in [1.82, 2.24) is 4.98 Å². The molecule has 1 aromatic heterocycles. The molecule has 0 radical (unpaired) electrons. The summed E-state index contributed by atoms with van der Waals surface area (Å²) >= 11 is 0. The number of methoxy groups -OCH3 is 1. The van der Waals surface area contributed by atoms with E-state index in [-0.39, 0.29) is 12.3 Å². The van der Waals surface area contributed by atoms with E-state index < -0.39 is 0 Å². The van der Waals surface area contributed by atoms with E-state index >= 15 is 0 Å². The minimum absolute atomic E-state index is 0.124. The molecule has 0 unspecified atom stereocenters. The third-order valence-corrected chi connectivity index (χ3v) is 3.27. The molecule has 2 rings (SSSR count). The number of hydrogen-bond donors (Lipinski definition) is 2. The molecule has 0 atom stereocenters. The molecule has 0 spiro atoms. The van der Waals surface area contributed by atoms with Crippen LogP contribution in [0.3, 0.4) is 0 Å². The number of benzene rings is 1. The molecule has 110 valence electrons. The number of nitrogens with one attached hydrogen (secondary N) is 1. The fourth-order valence-electron chi connectivity index (χ4n) is 2.18. The number of nitrogen functional groups attached to an aromatic ring is 1. The van der Waals surface area contributed by atoms with Gasteiger partial charge in [0.15, 0.2) is 0 Å². The van der Waals surface area contributed by atoms with Crippen molar-refractivity contribution in [3.8, 4) is 5.75 Å². The van der Waals surface area contributed by atoms with Crippen molar-refractivity contribution in [3.05, 3.63) is 47.3 Å². The maximum absolute atomic E-state index is 12.1. The zero-order valence-electron chi connectivity index (χ0n) is 12.4. The van der Waals surface area contributed by atoms with Gasteiger partial charge in [-0.15, -0.1) is 0 Å². The number of amides is 1. The smallest absolute Gasteiger partial charge is 0.230 e. The van der Waals surface area contributed by atoms with Crippen LogP contribution >= 0.6 is 0 Å². The summed E-state index contributed by atoms with van der Waals surface area (Å²) in [5.74, 6) is 0.666. The number of rotatable bonds is 4. The van der Waals surface area contributed by atoms with E-state index in [0.717, 1.165) is 22.6 Å². The third kappa shape index (κ3) is 3.51. The Morgan fingerprint density at radius 2 is 2.05 bits per heavy atom. The molecule has 0 fully saturated rings. The Labute approximate surface area is 124 Å². The second-order valence-corrected chi connectivity index (χ2v) is 4.90. The molecule has 0 aliphatic heterocycles. The summed E-state index contributed by atoms with van der Waals surface area (Å²) in [6, 6.07) is 7.28. The van der Waals surface area contributed by atoms with Gasteiger partial charge in [-0.2, -0.15) is 0 Å². The van der Waals surface area contributed by atoms with Gasteiger partial charge in [0.25, 0.3) is 0 Å². The second-order valence-electron chi connectivity index (χ2n) is 4.90. The zero-order valence-corrected chi connectivity index (χ0v) is 12.4. The number of anilines is 2. The van der Waals surface area contributed by atoms with Gasteiger partial charge in [0.1, 0.15) is 5.75 Å². The minimum Gasteiger partial charge on any atom is -0.496 e. The van der Waals surface area contributed by atoms with E-state index in [4.69, 9.17) is 10.5 Å². The number of aryl methyl sites for hydroxylation is 1. The van der Waals surface area contributed by atoms with Crippen molar-refractivity contribution in [1.29, 1.82) is 0 Å². The molecule has 0 saturated carbocycles. The number of carbonyl (C=O) groups is 1. The fraction of sp³-hybridized carbons (Fsp3) is 0.250. The van der Waals surface area contributed by atoms with Gasteiger partial charge in [-0.05, 0) is 37.6 Å². The molecule has 1 amide bonds. The van der Waals surface area contributed by atoms with Crippen LogP contribution in [-0.4, -0.2) is 18.0 Å². The Balaban J connectivity index is 2.11. The lowest BCUT2D eigenvalue weighted by atomic mass is 10.1. The van der Waals surface area contributed by atoms with Gasteiger partial charge >= 0.3 is 0 Å². The average molecular weight is 285 g/mol. The number of pyridine rings is 1. The highest BCUT2D eigenvalue weighted by Gasteiger charge is 2.11. The Morgan fingerprint density at radius 1 is 1.29 bits per heavy atom. The highest BCUT2D eigenvalue weighted by molar-refractivity contribution is 5.93. The average Bonchev–Trinajstić information content (AvgIpc) is 2.45. The highest BCUT2D eigenvalue weighted by atomic mass is 16.5. The van der Waals surface area contributed by atoms with E-state index in [2.05, 4.69) is 10.3 Å². The molecular formula is C16H19N3O2. The lowest BCUT2D eigenvalue weighted by Crippen LogP contribution is -2.16. The molecule has 1 aromatic carbocycles. The first kappa shape index (κ1) is 14.8. The van der Waals surface area contributed by atoms with Gasteiger partial charge in [-0.1, -0.05) is 6.07 Å². The molecule has 5 heteroatoms. The Morgan fingerprint density at radius 3 is 2.67 bits per heavy atom. The Kier molecular flexibility index (Phi) is 4.42. The van der Waals surface area contributed by atoms with Gasteiger partial charge < -0.3 is 15.8 Å². The van der Waals surface area contributed by atoms with E-state index in [1.807, 2.05) is 26.0 Å².